The van der Waals surface area contributed by atoms with E-state index in [1.165, 1.54) is 38.5 Å². The fraction of sp³-hybridized carbons (Fsp3) is 0.471. The van der Waals surface area contributed by atoms with Gasteiger partial charge in [-0.25, -0.2) is 0 Å². The van der Waals surface area contributed by atoms with Gasteiger partial charge in [0.05, 0.1) is 6.20 Å². The molecule has 0 aliphatic heterocycles. The summed E-state index contributed by atoms with van der Waals surface area (Å²) in [6.45, 7) is 0. The molecule has 4 heteroatoms. The minimum Gasteiger partial charge on any atom is -0.260 e. The van der Waals surface area contributed by atoms with E-state index < -0.39 is 0 Å². The molecule has 3 rings (SSSR count). The highest BCUT2D eigenvalue weighted by Gasteiger charge is 2.11. The Morgan fingerprint density at radius 1 is 1.19 bits per heavy atom. The van der Waals surface area contributed by atoms with Gasteiger partial charge in [-0.15, -0.1) is 5.10 Å². The maximum atomic E-state index is 4.30. The van der Waals surface area contributed by atoms with E-state index in [4.69, 9.17) is 0 Å². The number of fused-ring (bicyclic) bond motifs is 1. The zero-order valence-electron chi connectivity index (χ0n) is 12.3. The summed E-state index contributed by atoms with van der Waals surface area (Å²) in [6, 6.07) is 8.06. The number of hydrogen-bond donors (Lipinski definition) is 1. The molecule has 110 valence electrons. The summed E-state index contributed by atoms with van der Waals surface area (Å²) in [7, 11) is 0. The lowest BCUT2D eigenvalue weighted by Gasteiger charge is -2.20. The van der Waals surface area contributed by atoms with E-state index in [0.29, 0.717) is 0 Å². The van der Waals surface area contributed by atoms with Crippen LogP contribution in [-0.2, 0) is 0 Å². The van der Waals surface area contributed by atoms with Crippen molar-refractivity contribution >= 4 is 22.8 Å². The van der Waals surface area contributed by atoms with Crippen LogP contribution >= 0.6 is 0 Å². The predicted octanol–water partition coefficient (Wildman–Crippen LogP) is 4.39. The van der Waals surface area contributed by atoms with Crippen LogP contribution in [-0.4, -0.2) is 16.4 Å². The fourth-order valence-electron chi connectivity index (χ4n) is 3.07. The Morgan fingerprint density at radius 2 is 2.05 bits per heavy atom. The summed E-state index contributed by atoms with van der Waals surface area (Å²) >= 11 is 0. The van der Waals surface area contributed by atoms with E-state index in [1.807, 2.05) is 30.5 Å². The van der Waals surface area contributed by atoms with Gasteiger partial charge in [0.2, 0.25) is 0 Å². The Bertz CT molecular complexity index is 597. The van der Waals surface area contributed by atoms with Crippen LogP contribution in [0.25, 0.3) is 10.8 Å². The molecule has 0 amide bonds. The van der Waals surface area contributed by atoms with Crippen molar-refractivity contribution < 1.29 is 0 Å². The van der Waals surface area contributed by atoms with E-state index in [9.17, 15) is 0 Å². The number of anilines is 1. The van der Waals surface area contributed by atoms with Crippen LogP contribution in [0, 0.1) is 5.92 Å². The van der Waals surface area contributed by atoms with Crippen LogP contribution in [0.4, 0.5) is 5.82 Å². The standard InChI is InChI=1S/C17H22N4/c1-2-7-14(8-3-1)9-6-12-18-20-17-16-11-5-4-10-15(16)13-19-21-17/h4-5,10-14H,1-3,6-9H2,(H,20,21)/b18-12+. The van der Waals surface area contributed by atoms with Gasteiger partial charge < -0.3 is 0 Å². The van der Waals surface area contributed by atoms with Gasteiger partial charge in [-0.3, -0.25) is 5.43 Å². The summed E-state index contributed by atoms with van der Waals surface area (Å²) in [6.07, 6.45) is 13.1. The van der Waals surface area contributed by atoms with Crippen LogP contribution in [0.1, 0.15) is 44.9 Å². The molecule has 0 unspecified atom stereocenters. The highest BCUT2D eigenvalue weighted by Crippen LogP contribution is 2.26. The molecule has 1 aliphatic rings. The molecule has 1 heterocycles. The van der Waals surface area contributed by atoms with Gasteiger partial charge in [0.25, 0.3) is 0 Å². The molecule has 1 aliphatic carbocycles. The molecule has 1 fully saturated rings. The molecule has 1 aromatic heterocycles. The third kappa shape index (κ3) is 3.78. The van der Waals surface area contributed by atoms with Gasteiger partial charge in [-0.05, 0) is 18.8 Å². The highest BCUT2D eigenvalue weighted by molar-refractivity contribution is 5.90. The molecule has 0 bridgehead atoms. The van der Waals surface area contributed by atoms with Crippen molar-refractivity contribution in [2.75, 3.05) is 5.43 Å². The summed E-state index contributed by atoms with van der Waals surface area (Å²) in [5.41, 5.74) is 3.02. The summed E-state index contributed by atoms with van der Waals surface area (Å²) in [5, 5.41) is 14.5. The molecule has 2 aromatic rings. The zero-order chi connectivity index (χ0) is 14.3. The lowest BCUT2D eigenvalue weighted by atomic mass is 9.86. The van der Waals surface area contributed by atoms with Crippen LogP contribution in [0.3, 0.4) is 0 Å². The molecule has 0 saturated heterocycles. The second-order valence-corrected chi connectivity index (χ2v) is 5.79. The molecule has 4 nitrogen and oxygen atoms in total. The highest BCUT2D eigenvalue weighted by atomic mass is 15.3. The Balaban J connectivity index is 1.52. The minimum atomic E-state index is 0.724. The average Bonchev–Trinajstić information content (AvgIpc) is 2.56. The van der Waals surface area contributed by atoms with Crippen molar-refractivity contribution in [3.05, 3.63) is 30.5 Å². The Hall–Kier alpha value is -1.97. The number of hydrogen-bond acceptors (Lipinski definition) is 4. The normalized spacial score (nSPS) is 16.6. The van der Waals surface area contributed by atoms with Gasteiger partial charge in [0.1, 0.15) is 0 Å². The molecule has 1 N–H and O–H groups in total. The fourth-order valence-corrected chi connectivity index (χ4v) is 3.07. The monoisotopic (exact) mass is 282 g/mol. The third-order valence-corrected chi connectivity index (χ3v) is 4.26. The molecule has 0 radical (unpaired) electrons. The number of aromatic nitrogens is 2. The smallest absolute Gasteiger partial charge is 0.176 e. The van der Waals surface area contributed by atoms with E-state index in [1.54, 1.807) is 6.20 Å². The van der Waals surface area contributed by atoms with Crippen LogP contribution in [0.2, 0.25) is 0 Å². The Morgan fingerprint density at radius 3 is 2.95 bits per heavy atom. The van der Waals surface area contributed by atoms with Crippen molar-refractivity contribution in [3.63, 3.8) is 0 Å². The van der Waals surface area contributed by atoms with Gasteiger partial charge in [-0.2, -0.15) is 10.2 Å². The predicted molar refractivity (Wildman–Crippen MR) is 87.5 cm³/mol. The Labute approximate surface area is 125 Å². The number of rotatable bonds is 5. The van der Waals surface area contributed by atoms with Crippen molar-refractivity contribution in [2.24, 2.45) is 11.0 Å². The van der Waals surface area contributed by atoms with Crippen molar-refractivity contribution in [2.45, 2.75) is 44.9 Å². The van der Waals surface area contributed by atoms with Crippen LogP contribution in [0.15, 0.2) is 35.6 Å². The number of nitrogens with zero attached hydrogens (tertiary/aromatic N) is 3. The van der Waals surface area contributed by atoms with Crippen LogP contribution in [0.5, 0.6) is 0 Å². The Kier molecular flexibility index (Phi) is 4.77. The quantitative estimate of drug-likeness (QED) is 0.653. The first kappa shape index (κ1) is 14.0. The maximum Gasteiger partial charge on any atom is 0.176 e. The lowest BCUT2D eigenvalue weighted by Crippen LogP contribution is -2.06. The lowest BCUT2D eigenvalue weighted by molar-refractivity contribution is 0.344. The second kappa shape index (κ2) is 7.16. The first-order valence-corrected chi connectivity index (χ1v) is 7.91. The van der Waals surface area contributed by atoms with Crippen LogP contribution < -0.4 is 5.43 Å². The SMILES string of the molecule is C(/CCC1CCCCC1)=N\Nc1nncc2ccccc12. The number of nitrogens with one attached hydrogen (secondary N) is 1. The summed E-state index contributed by atoms with van der Waals surface area (Å²) in [4.78, 5) is 0. The molecule has 1 aromatic carbocycles. The van der Waals surface area contributed by atoms with E-state index in [-0.39, 0.29) is 0 Å². The number of hydrazone groups is 1. The maximum absolute atomic E-state index is 4.30. The summed E-state index contributed by atoms with van der Waals surface area (Å²) < 4.78 is 0. The second-order valence-electron chi connectivity index (χ2n) is 5.79. The number of benzene rings is 1. The molecule has 21 heavy (non-hydrogen) atoms. The van der Waals surface area contributed by atoms with E-state index in [0.717, 1.165) is 28.9 Å². The van der Waals surface area contributed by atoms with E-state index >= 15 is 0 Å². The van der Waals surface area contributed by atoms with Gasteiger partial charge in [-0.1, -0.05) is 56.4 Å². The average molecular weight is 282 g/mol. The first-order chi connectivity index (χ1) is 10.4. The molecular weight excluding hydrogens is 260 g/mol. The van der Waals surface area contributed by atoms with Crippen molar-refractivity contribution in [1.82, 2.24) is 10.2 Å². The molecular formula is C17H22N4. The van der Waals surface area contributed by atoms with Gasteiger partial charge >= 0.3 is 0 Å². The zero-order valence-corrected chi connectivity index (χ0v) is 12.3. The topological polar surface area (TPSA) is 50.2 Å². The van der Waals surface area contributed by atoms with Crippen molar-refractivity contribution in [1.29, 1.82) is 0 Å². The first-order valence-electron chi connectivity index (χ1n) is 7.91. The minimum absolute atomic E-state index is 0.724. The van der Waals surface area contributed by atoms with Crippen molar-refractivity contribution in [3.8, 4) is 0 Å². The van der Waals surface area contributed by atoms with E-state index in [2.05, 4.69) is 20.7 Å². The summed E-state index contributed by atoms with van der Waals surface area (Å²) in [5.74, 6) is 1.63. The largest absolute Gasteiger partial charge is 0.260 e. The third-order valence-electron chi connectivity index (χ3n) is 4.26. The molecule has 0 atom stereocenters. The van der Waals surface area contributed by atoms with Gasteiger partial charge in [0.15, 0.2) is 5.82 Å². The van der Waals surface area contributed by atoms with Gasteiger partial charge in [0, 0.05) is 17.0 Å². The molecule has 1 saturated carbocycles. The molecule has 0 spiro atoms.